The molecule has 4 aromatic carbocycles. The van der Waals surface area contributed by atoms with E-state index in [1.807, 2.05) is 24.3 Å². The van der Waals surface area contributed by atoms with Gasteiger partial charge < -0.3 is 10.3 Å². The van der Waals surface area contributed by atoms with E-state index >= 15 is 0 Å². The van der Waals surface area contributed by atoms with Crippen molar-refractivity contribution >= 4 is 34.2 Å². The minimum absolute atomic E-state index is 0.315. The van der Waals surface area contributed by atoms with E-state index in [-0.39, 0.29) is 5.91 Å². The zero-order valence-corrected chi connectivity index (χ0v) is 19.7. The van der Waals surface area contributed by atoms with E-state index in [1.165, 1.54) is 12.1 Å². The van der Waals surface area contributed by atoms with Crippen molar-refractivity contribution in [3.63, 3.8) is 0 Å². The van der Waals surface area contributed by atoms with Gasteiger partial charge in [0.05, 0.1) is 21.6 Å². The lowest BCUT2D eigenvalue weighted by Gasteiger charge is -2.12. The van der Waals surface area contributed by atoms with Gasteiger partial charge in [-0.3, -0.25) is 4.79 Å². The van der Waals surface area contributed by atoms with Crippen molar-refractivity contribution in [3.05, 3.63) is 107 Å². The maximum Gasteiger partial charge on any atom is 0.416 e. The van der Waals surface area contributed by atoms with E-state index in [1.54, 1.807) is 43.3 Å². The van der Waals surface area contributed by atoms with E-state index in [0.717, 1.165) is 28.7 Å². The van der Waals surface area contributed by atoms with Crippen LogP contribution in [0, 0.1) is 6.92 Å². The molecule has 0 aliphatic heterocycles. The highest BCUT2D eigenvalue weighted by Crippen LogP contribution is 2.32. The largest absolute Gasteiger partial charge is 0.416 e. The number of aromatic nitrogens is 2. The van der Waals surface area contributed by atoms with E-state index in [4.69, 9.17) is 11.6 Å². The lowest BCUT2D eigenvalue weighted by Crippen LogP contribution is -2.13. The molecule has 0 fully saturated rings. The van der Waals surface area contributed by atoms with E-state index in [9.17, 15) is 18.0 Å². The topological polar surface area (TPSA) is 57.8 Å². The number of anilines is 1. The van der Waals surface area contributed by atoms with E-state index in [2.05, 4.69) is 15.3 Å². The number of amides is 1. The van der Waals surface area contributed by atoms with Crippen LogP contribution in [0.25, 0.3) is 33.5 Å². The van der Waals surface area contributed by atoms with Crippen LogP contribution in [0.2, 0.25) is 5.02 Å². The van der Waals surface area contributed by atoms with Gasteiger partial charge in [-0.2, -0.15) is 13.2 Å². The number of imidazole rings is 1. The van der Waals surface area contributed by atoms with Gasteiger partial charge in [-0.15, -0.1) is 0 Å². The summed E-state index contributed by atoms with van der Waals surface area (Å²) in [5.41, 5.74) is 4.67. The molecule has 0 aliphatic carbocycles. The summed E-state index contributed by atoms with van der Waals surface area (Å²) in [4.78, 5) is 20.8. The zero-order valence-electron chi connectivity index (χ0n) is 19.0. The Balaban J connectivity index is 1.37. The van der Waals surface area contributed by atoms with Crippen molar-refractivity contribution in [3.8, 4) is 22.5 Å². The molecule has 180 valence electrons. The number of H-pyrrole nitrogens is 1. The third kappa shape index (κ3) is 4.70. The van der Waals surface area contributed by atoms with Crippen LogP contribution in [0.4, 0.5) is 18.9 Å². The molecule has 0 unspecified atom stereocenters. The quantitative estimate of drug-likeness (QED) is 0.259. The van der Waals surface area contributed by atoms with Crippen molar-refractivity contribution in [2.75, 3.05) is 5.32 Å². The minimum atomic E-state index is -4.39. The summed E-state index contributed by atoms with van der Waals surface area (Å²) in [6, 6.07) is 22.9. The predicted molar refractivity (Wildman–Crippen MR) is 136 cm³/mol. The number of aromatic amines is 1. The molecule has 1 amide bonds. The van der Waals surface area contributed by atoms with Crippen LogP contribution in [0.3, 0.4) is 0 Å². The van der Waals surface area contributed by atoms with Gasteiger partial charge >= 0.3 is 6.18 Å². The molecule has 4 nitrogen and oxygen atoms in total. The first-order valence-electron chi connectivity index (χ1n) is 11.0. The first kappa shape index (κ1) is 23.6. The van der Waals surface area contributed by atoms with Crippen LogP contribution in [0.1, 0.15) is 21.5 Å². The molecule has 0 bridgehead atoms. The summed E-state index contributed by atoms with van der Waals surface area (Å²) >= 11 is 6.41. The normalized spacial score (nSPS) is 11.6. The van der Waals surface area contributed by atoms with Gasteiger partial charge in [-0.05, 0) is 72.1 Å². The Labute approximate surface area is 209 Å². The number of fused-ring (bicyclic) bond motifs is 1. The average molecular weight is 506 g/mol. The van der Waals surface area contributed by atoms with Crippen molar-refractivity contribution in [2.45, 2.75) is 13.1 Å². The average Bonchev–Trinajstić information content (AvgIpc) is 3.29. The predicted octanol–water partition coefficient (Wildman–Crippen LogP) is 8.13. The standard InChI is InChI=1S/C28H19ClF3N3O/c1-16-14-18(17-6-9-19(10-7-17)28(30,31)32)8-12-21(16)27(36)33-20-11-13-23(29)22(15-20)26-34-24-4-2-3-5-25(24)35-26/h2-15H,1H3,(H,33,36)(H,34,35). The molecule has 36 heavy (non-hydrogen) atoms. The number of rotatable bonds is 4. The highest BCUT2D eigenvalue weighted by atomic mass is 35.5. The monoisotopic (exact) mass is 505 g/mol. The molecule has 1 aromatic heterocycles. The smallest absolute Gasteiger partial charge is 0.338 e. The molecule has 2 N–H and O–H groups in total. The fraction of sp³-hybridized carbons (Fsp3) is 0.0714. The first-order valence-corrected chi connectivity index (χ1v) is 11.4. The maximum atomic E-state index is 13.0. The van der Waals surface area contributed by atoms with Crippen LogP contribution in [0.5, 0.6) is 0 Å². The SMILES string of the molecule is Cc1cc(-c2ccc(C(F)(F)F)cc2)ccc1C(=O)Nc1ccc(Cl)c(-c2nc3ccccc3[nH]2)c1. The van der Waals surface area contributed by atoms with Crippen molar-refractivity contribution in [1.82, 2.24) is 9.97 Å². The molecule has 0 radical (unpaired) electrons. The summed E-state index contributed by atoms with van der Waals surface area (Å²) in [5, 5.41) is 3.38. The number of halogens is 4. The van der Waals surface area contributed by atoms with E-state index in [0.29, 0.717) is 38.8 Å². The summed E-state index contributed by atoms with van der Waals surface area (Å²) in [6.07, 6.45) is -4.39. The molecule has 5 rings (SSSR count). The van der Waals surface area contributed by atoms with Crippen LogP contribution < -0.4 is 5.32 Å². The van der Waals surface area contributed by atoms with E-state index < -0.39 is 11.7 Å². The van der Waals surface area contributed by atoms with Crippen LogP contribution in [-0.2, 0) is 6.18 Å². The Bertz CT molecular complexity index is 1560. The molecular weight excluding hydrogens is 487 g/mol. The van der Waals surface area contributed by atoms with Crippen molar-refractivity contribution < 1.29 is 18.0 Å². The number of carbonyl (C=O) groups excluding carboxylic acids is 1. The van der Waals surface area contributed by atoms with Crippen LogP contribution >= 0.6 is 11.6 Å². The summed E-state index contributed by atoms with van der Waals surface area (Å²) in [5.74, 6) is 0.277. The third-order valence-corrected chi connectivity index (χ3v) is 6.21. The number of benzene rings is 4. The summed E-state index contributed by atoms with van der Waals surface area (Å²) < 4.78 is 38.5. The Hall–Kier alpha value is -4.10. The summed E-state index contributed by atoms with van der Waals surface area (Å²) in [7, 11) is 0. The zero-order chi connectivity index (χ0) is 25.4. The highest BCUT2D eigenvalue weighted by Gasteiger charge is 2.30. The molecule has 1 heterocycles. The molecule has 0 saturated carbocycles. The van der Waals surface area contributed by atoms with Gasteiger partial charge in [0.2, 0.25) is 0 Å². The minimum Gasteiger partial charge on any atom is -0.338 e. The molecule has 0 atom stereocenters. The highest BCUT2D eigenvalue weighted by molar-refractivity contribution is 6.33. The van der Waals surface area contributed by atoms with Gasteiger partial charge in [0.15, 0.2) is 0 Å². The Morgan fingerprint density at radius 1 is 0.917 bits per heavy atom. The van der Waals surface area contributed by atoms with Gasteiger partial charge in [0.1, 0.15) is 5.82 Å². The molecule has 0 spiro atoms. The number of aryl methyl sites for hydroxylation is 1. The number of nitrogens with zero attached hydrogens (tertiary/aromatic N) is 1. The van der Waals surface area contributed by atoms with Gasteiger partial charge in [0.25, 0.3) is 5.91 Å². The molecule has 0 saturated heterocycles. The third-order valence-electron chi connectivity index (χ3n) is 5.89. The molecular formula is C28H19ClF3N3O. The molecule has 5 aromatic rings. The maximum absolute atomic E-state index is 13.0. The second-order valence-electron chi connectivity index (χ2n) is 8.36. The number of nitrogens with one attached hydrogen (secondary N) is 2. The Kier molecular flexibility index (Phi) is 6.02. The Morgan fingerprint density at radius 3 is 2.33 bits per heavy atom. The van der Waals surface area contributed by atoms with Crippen LogP contribution in [0.15, 0.2) is 84.9 Å². The number of carbonyl (C=O) groups is 1. The van der Waals surface area contributed by atoms with Gasteiger partial charge in [-0.1, -0.05) is 48.0 Å². The Morgan fingerprint density at radius 2 is 1.64 bits per heavy atom. The second kappa shape index (κ2) is 9.17. The fourth-order valence-electron chi connectivity index (χ4n) is 4.01. The number of alkyl halides is 3. The molecule has 0 aliphatic rings. The summed E-state index contributed by atoms with van der Waals surface area (Å²) in [6.45, 7) is 1.78. The number of hydrogen-bond donors (Lipinski definition) is 2. The van der Waals surface area contributed by atoms with Gasteiger partial charge in [0, 0.05) is 16.8 Å². The van der Waals surface area contributed by atoms with Crippen molar-refractivity contribution in [2.24, 2.45) is 0 Å². The number of para-hydroxylation sites is 2. The fourth-order valence-corrected chi connectivity index (χ4v) is 4.22. The second-order valence-corrected chi connectivity index (χ2v) is 8.76. The molecule has 8 heteroatoms. The van der Waals surface area contributed by atoms with Crippen molar-refractivity contribution in [1.29, 1.82) is 0 Å². The van der Waals surface area contributed by atoms with Gasteiger partial charge in [-0.25, -0.2) is 4.98 Å². The first-order chi connectivity index (χ1) is 17.2. The lowest BCUT2D eigenvalue weighted by molar-refractivity contribution is -0.137. The van der Waals surface area contributed by atoms with Crippen LogP contribution in [-0.4, -0.2) is 15.9 Å². The number of hydrogen-bond acceptors (Lipinski definition) is 2. The lowest BCUT2D eigenvalue weighted by atomic mass is 9.98.